The van der Waals surface area contributed by atoms with Gasteiger partial charge in [0.1, 0.15) is 6.10 Å². The molecule has 0 radical (unpaired) electrons. The third kappa shape index (κ3) is 2.42. The van der Waals surface area contributed by atoms with Crippen molar-refractivity contribution in [1.29, 1.82) is 0 Å². The molecule has 2 aliphatic rings. The second-order valence-corrected chi connectivity index (χ2v) is 3.42. The Hall–Kier alpha value is -0.160. The van der Waals surface area contributed by atoms with Crippen LogP contribution < -0.4 is 5.90 Å². The third-order valence-electron chi connectivity index (χ3n) is 2.34. The highest BCUT2D eigenvalue weighted by Gasteiger charge is 2.39. The molecule has 0 aromatic rings. The fraction of sp³-hybridized carbons (Fsp3) is 1.00. The molecule has 2 N–H and O–H groups in total. The van der Waals surface area contributed by atoms with Crippen LogP contribution in [0.5, 0.6) is 0 Å². The lowest BCUT2D eigenvalue weighted by Gasteiger charge is -1.94. The van der Waals surface area contributed by atoms with Gasteiger partial charge in [-0.2, -0.15) is 0 Å². The molecule has 0 aliphatic carbocycles. The van der Waals surface area contributed by atoms with Crippen LogP contribution in [-0.2, 0) is 14.3 Å². The molecule has 0 bridgehead atoms. The summed E-state index contributed by atoms with van der Waals surface area (Å²) in [6.45, 7) is 0.967. The van der Waals surface area contributed by atoms with E-state index in [4.69, 9.17) is 15.4 Å². The van der Waals surface area contributed by atoms with Crippen molar-refractivity contribution in [2.24, 2.45) is 5.90 Å². The van der Waals surface area contributed by atoms with Crippen LogP contribution in [-0.4, -0.2) is 25.1 Å². The van der Waals surface area contributed by atoms with Gasteiger partial charge in [0.25, 0.3) is 0 Å². The zero-order valence-corrected chi connectivity index (χ0v) is 7.07. The Morgan fingerprint density at radius 3 is 2.67 bits per heavy atom. The topological polar surface area (TPSA) is 60.3 Å². The summed E-state index contributed by atoms with van der Waals surface area (Å²) >= 11 is 0. The van der Waals surface area contributed by atoms with Crippen LogP contribution in [0.2, 0.25) is 0 Å². The van der Waals surface area contributed by atoms with Gasteiger partial charge in [-0.05, 0) is 12.8 Å². The molecule has 0 amide bonds. The molecule has 3 atom stereocenters. The van der Waals surface area contributed by atoms with Gasteiger partial charge in [-0.25, -0.2) is 5.90 Å². The zero-order valence-electron chi connectivity index (χ0n) is 7.07. The van der Waals surface area contributed by atoms with Crippen molar-refractivity contribution in [1.82, 2.24) is 0 Å². The Labute approximate surface area is 71.9 Å². The smallest absolute Gasteiger partial charge is 0.203 e. The minimum absolute atomic E-state index is 0.123. The van der Waals surface area contributed by atoms with Crippen LogP contribution in [0.25, 0.3) is 0 Å². The number of unbranched alkanes of at least 4 members (excludes halogenated alkanes) is 1. The summed E-state index contributed by atoms with van der Waals surface area (Å²) in [6, 6.07) is 0. The summed E-state index contributed by atoms with van der Waals surface area (Å²) in [7, 11) is 0. The van der Waals surface area contributed by atoms with E-state index in [0.717, 1.165) is 13.0 Å². The standard InChI is InChI=1S/C8H15NO3/c9-12-8-7(11-8)4-2-1-3-6-5-10-6/h6-8H,1-5,9H2/t6?,7-,8?/m0/s1. The van der Waals surface area contributed by atoms with Gasteiger partial charge in [-0.1, -0.05) is 12.8 Å². The molecule has 0 spiro atoms. The maximum atomic E-state index is 5.11. The Kier molecular flexibility index (Phi) is 2.60. The SMILES string of the molecule is NOC1O[C@H]1CCCCC1CO1. The van der Waals surface area contributed by atoms with E-state index >= 15 is 0 Å². The molecule has 2 saturated heterocycles. The zero-order chi connectivity index (χ0) is 8.39. The van der Waals surface area contributed by atoms with Crippen molar-refractivity contribution in [2.75, 3.05) is 6.61 Å². The summed E-state index contributed by atoms with van der Waals surface area (Å²) < 4.78 is 10.2. The van der Waals surface area contributed by atoms with Crippen LogP contribution in [0.15, 0.2) is 0 Å². The summed E-state index contributed by atoms with van der Waals surface area (Å²) in [5, 5.41) is 0. The van der Waals surface area contributed by atoms with Crippen molar-refractivity contribution in [2.45, 2.75) is 44.2 Å². The average molecular weight is 173 g/mol. The van der Waals surface area contributed by atoms with Gasteiger partial charge in [0.05, 0.1) is 12.7 Å². The largest absolute Gasteiger partial charge is 0.373 e. The Balaban J connectivity index is 1.41. The molecule has 2 fully saturated rings. The molecule has 0 aromatic heterocycles. The summed E-state index contributed by atoms with van der Waals surface area (Å²) in [6.07, 6.45) is 5.37. The van der Waals surface area contributed by atoms with E-state index in [2.05, 4.69) is 4.84 Å². The number of nitrogens with two attached hydrogens (primary N) is 1. The molecule has 2 rings (SSSR count). The average Bonchev–Trinajstić information content (AvgIpc) is 2.95. The molecule has 4 nitrogen and oxygen atoms in total. The highest BCUT2D eigenvalue weighted by molar-refractivity contribution is 4.76. The lowest BCUT2D eigenvalue weighted by Crippen LogP contribution is -2.05. The van der Waals surface area contributed by atoms with E-state index in [0.29, 0.717) is 6.10 Å². The molecule has 4 heteroatoms. The highest BCUT2D eigenvalue weighted by Crippen LogP contribution is 2.27. The van der Waals surface area contributed by atoms with Gasteiger partial charge in [-0.15, -0.1) is 0 Å². The van der Waals surface area contributed by atoms with Gasteiger partial charge < -0.3 is 9.47 Å². The monoisotopic (exact) mass is 173 g/mol. The second kappa shape index (κ2) is 3.70. The first-order valence-electron chi connectivity index (χ1n) is 4.53. The summed E-state index contributed by atoms with van der Waals surface area (Å²) in [5.74, 6) is 4.94. The van der Waals surface area contributed by atoms with E-state index in [1.165, 1.54) is 19.3 Å². The number of ether oxygens (including phenoxy) is 2. The van der Waals surface area contributed by atoms with Crippen LogP contribution >= 0.6 is 0 Å². The normalized spacial score (nSPS) is 38.2. The van der Waals surface area contributed by atoms with Gasteiger partial charge in [0.15, 0.2) is 0 Å². The number of epoxide rings is 2. The van der Waals surface area contributed by atoms with Crippen molar-refractivity contribution >= 4 is 0 Å². The molecule has 2 heterocycles. The predicted molar refractivity (Wildman–Crippen MR) is 42.1 cm³/mol. The van der Waals surface area contributed by atoms with Crippen LogP contribution in [0.3, 0.4) is 0 Å². The molecule has 2 aliphatic heterocycles. The number of hydrogen-bond acceptors (Lipinski definition) is 4. The quantitative estimate of drug-likeness (QED) is 0.362. The van der Waals surface area contributed by atoms with Crippen molar-refractivity contribution in [3.8, 4) is 0 Å². The molecule has 0 aromatic carbocycles. The summed E-state index contributed by atoms with van der Waals surface area (Å²) in [4.78, 5) is 4.52. The summed E-state index contributed by atoms with van der Waals surface area (Å²) in [5.41, 5.74) is 0. The van der Waals surface area contributed by atoms with E-state index in [9.17, 15) is 0 Å². The minimum atomic E-state index is -0.123. The molecular weight excluding hydrogens is 158 g/mol. The molecule has 12 heavy (non-hydrogen) atoms. The van der Waals surface area contributed by atoms with E-state index in [-0.39, 0.29) is 12.4 Å². The molecule has 2 unspecified atom stereocenters. The Bertz CT molecular complexity index is 149. The van der Waals surface area contributed by atoms with Crippen molar-refractivity contribution in [3.05, 3.63) is 0 Å². The maximum Gasteiger partial charge on any atom is 0.203 e. The highest BCUT2D eigenvalue weighted by atomic mass is 16.8. The Morgan fingerprint density at radius 2 is 2.08 bits per heavy atom. The molecular formula is C8H15NO3. The van der Waals surface area contributed by atoms with E-state index in [1.807, 2.05) is 0 Å². The fourth-order valence-corrected chi connectivity index (χ4v) is 1.40. The van der Waals surface area contributed by atoms with Gasteiger partial charge in [-0.3, -0.25) is 4.84 Å². The lowest BCUT2D eigenvalue weighted by molar-refractivity contribution is 0.0503. The lowest BCUT2D eigenvalue weighted by atomic mass is 10.1. The Morgan fingerprint density at radius 1 is 1.33 bits per heavy atom. The first kappa shape index (κ1) is 8.44. The van der Waals surface area contributed by atoms with Gasteiger partial charge >= 0.3 is 0 Å². The first-order chi connectivity index (χ1) is 5.90. The van der Waals surface area contributed by atoms with Crippen LogP contribution in [0.4, 0.5) is 0 Å². The van der Waals surface area contributed by atoms with Crippen LogP contribution in [0.1, 0.15) is 25.7 Å². The van der Waals surface area contributed by atoms with Crippen molar-refractivity contribution in [3.63, 3.8) is 0 Å². The third-order valence-corrected chi connectivity index (χ3v) is 2.34. The van der Waals surface area contributed by atoms with Gasteiger partial charge in [0.2, 0.25) is 6.29 Å². The first-order valence-corrected chi connectivity index (χ1v) is 4.53. The van der Waals surface area contributed by atoms with Crippen LogP contribution in [0, 0.1) is 0 Å². The molecule has 0 saturated carbocycles. The fourth-order valence-electron chi connectivity index (χ4n) is 1.40. The second-order valence-electron chi connectivity index (χ2n) is 3.42. The van der Waals surface area contributed by atoms with E-state index in [1.54, 1.807) is 0 Å². The molecule has 70 valence electrons. The van der Waals surface area contributed by atoms with E-state index < -0.39 is 0 Å². The number of rotatable bonds is 6. The van der Waals surface area contributed by atoms with Gasteiger partial charge in [0, 0.05) is 0 Å². The minimum Gasteiger partial charge on any atom is -0.373 e. The maximum absolute atomic E-state index is 5.11. The predicted octanol–water partition coefficient (Wildman–Crippen LogP) is 0.561. The van der Waals surface area contributed by atoms with Crippen molar-refractivity contribution < 1.29 is 14.3 Å². The number of hydrogen-bond donors (Lipinski definition) is 1.